The fraction of sp³-hybridized carbons (Fsp3) is 0.455. The Balaban J connectivity index is 2.42. The second-order valence-electron chi connectivity index (χ2n) is 4.49. The van der Waals surface area contributed by atoms with Crippen LogP contribution in [0.3, 0.4) is 0 Å². The Morgan fingerprint density at radius 3 is 2.68 bits per heavy atom. The maximum absolute atomic E-state index is 12.4. The minimum absolute atomic E-state index is 0.203. The zero-order chi connectivity index (χ0) is 14.0. The van der Waals surface area contributed by atoms with Crippen molar-refractivity contribution in [2.75, 3.05) is 13.1 Å². The molecule has 0 aromatic heterocycles. The van der Waals surface area contributed by atoms with E-state index in [9.17, 15) is 18.5 Å². The van der Waals surface area contributed by atoms with Crippen molar-refractivity contribution >= 4 is 15.7 Å². The van der Waals surface area contributed by atoms with Gasteiger partial charge in [0, 0.05) is 25.2 Å². The molecule has 1 saturated heterocycles. The van der Waals surface area contributed by atoms with E-state index in [0.29, 0.717) is 13.0 Å². The van der Waals surface area contributed by atoms with Gasteiger partial charge in [-0.3, -0.25) is 10.1 Å². The highest BCUT2D eigenvalue weighted by Gasteiger charge is 2.33. The molecule has 1 fully saturated rings. The number of rotatable bonds is 3. The first-order valence-electron chi connectivity index (χ1n) is 5.92. The van der Waals surface area contributed by atoms with E-state index in [-0.39, 0.29) is 17.5 Å². The Hall–Kier alpha value is -1.51. The number of benzene rings is 1. The van der Waals surface area contributed by atoms with Crippen molar-refractivity contribution in [1.82, 2.24) is 4.31 Å². The number of piperidine rings is 1. The van der Waals surface area contributed by atoms with Crippen LogP contribution >= 0.6 is 0 Å². The highest BCUT2D eigenvalue weighted by molar-refractivity contribution is 7.89. The first-order valence-corrected chi connectivity index (χ1v) is 7.36. The monoisotopic (exact) mass is 285 g/mol. The van der Waals surface area contributed by atoms with Crippen LogP contribution in [0.2, 0.25) is 0 Å². The fourth-order valence-electron chi connectivity index (χ4n) is 2.16. The van der Waals surface area contributed by atoms with Crippen LogP contribution in [0.25, 0.3) is 0 Å². The third kappa shape index (κ3) is 2.75. The van der Waals surface area contributed by atoms with Crippen LogP contribution in [0, 0.1) is 10.1 Å². The number of hydrogen-bond acceptors (Lipinski definition) is 5. The second kappa shape index (κ2) is 5.24. The van der Waals surface area contributed by atoms with Gasteiger partial charge in [0.2, 0.25) is 10.0 Å². The molecule has 1 aromatic rings. The van der Waals surface area contributed by atoms with Crippen molar-refractivity contribution in [1.29, 1.82) is 0 Å². The van der Waals surface area contributed by atoms with Gasteiger partial charge in [0.05, 0.1) is 4.92 Å². The van der Waals surface area contributed by atoms with Crippen LogP contribution in [0.15, 0.2) is 29.2 Å². The summed E-state index contributed by atoms with van der Waals surface area (Å²) >= 11 is 0. The topological polar surface area (TPSA) is 107 Å². The number of para-hydroxylation sites is 1. The predicted octanol–water partition coefficient (Wildman–Crippen LogP) is 0.707. The van der Waals surface area contributed by atoms with Crippen molar-refractivity contribution in [3.8, 4) is 0 Å². The molecule has 0 spiro atoms. The number of nitrogens with zero attached hydrogens (tertiary/aromatic N) is 2. The van der Waals surface area contributed by atoms with Crippen molar-refractivity contribution in [3.63, 3.8) is 0 Å². The molecule has 1 heterocycles. The van der Waals surface area contributed by atoms with Crippen LogP contribution in [0.4, 0.5) is 5.69 Å². The van der Waals surface area contributed by atoms with Gasteiger partial charge in [-0.25, -0.2) is 8.42 Å². The van der Waals surface area contributed by atoms with Gasteiger partial charge in [-0.1, -0.05) is 12.1 Å². The zero-order valence-electron chi connectivity index (χ0n) is 10.2. The Morgan fingerprint density at radius 1 is 1.37 bits per heavy atom. The normalized spacial score (nSPS) is 21.2. The minimum Gasteiger partial charge on any atom is -0.327 e. The molecule has 104 valence electrons. The third-order valence-electron chi connectivity index (χ3n) is 3.10. The number of nitro groups is 1. The summed E-state index contributed by atoms with van der Waals surface area (Å²) in [7, 11) is -3.86. The maximum atomic E-state index is 12.4. The maximum Gasteiger partial charge on any atom is 0.289 e. The molecule has 8 heteroatoms. The first kappa shape index (κ1) is 13.9. The van der Waals surface area contributed by atoms with Crippen LogP contribution < -0.4 is 5.73 Å². The quantitative estimate of drug-likeness (QED) is 0.650. The molecule has 0 bridgehead atoms. The van der Waals surface area contributed by atoms with Crippen molar-refractivity contribution in [3.05, 3.63) is 34.4 Å². The Kier molecular flexibility index (Phi) is 3.83. The van der Waals surface area contributed by atoms with Gasteiger partial charge < -0.3 is 5.73 Å². The van der Waals surface area contributed by atoms with Crippen molar-refractivity contribution in [2.24, 2.45) is 5.73 Å². The van der Waals surface area contributed by atoms with Crippen LogP contribution in [-0.2, 0) is 10.0 Å². The lowest BCUT2D eigenvalue weighted by atomic mass is 10.1. The Labute approximate surface area is 111 Å². The number of sulfonamides is 1. The van der Waals surface area contributed by atoms with E-state index in [1.54, 1.807) is 0 Å². The van der Waals surface area contributed by atoms with E-state index in [2.05, 4.69) is 0 Å². The smallest absolute Gasteiger partial charge is 0.289 e. The Morgan fingerprint density at radius 2 is 2.05 bits per heavy atom. The SMILES string of the molecule is N[C@@H]1CCCN(S(=O)(=O)c2ccccc2[N+](=O)[O-])C1. The molecule has 0 radical (unpaired) electrons. The molecule has 0 unspecified atom stereocenters. The number of hydrogen-bond donors (Lipinski definition) is 1. The van der Waals surface area contributed by atoms with Gasteiger partial charge in [-0.2, -0.15) is 4.31 Å². The van der Waals surface area contributed by atoms with Crippen molar-refractivity contribution < 1.29 is 13.3 Å². The van der Waals surface area contributed by atoms with E-state index in [1.807, 2.05) is 0 Å². The summed E-state index contributed by atoms with van der Waals surface area (Å²) < 4.78 is 26.1. The highest BCUT2D eigenvalue weighted by atomic mass is 32.2. The van der Waals surface area contributed by atoms with Crippen molar-refractivity contribution in [2.45, 2.75) is 23.8 Å². The van der Waals surface area contributed by atoms with E-state index in [0.717, 1.165) is 6.42 Å². The highest BCUT2D eigenvalue weighted by Crippen LogP contribution is 2.27. The average Bonchev–Trinajstić information content (AvgIpc) is 2.38. The molecule has 1 aromatic carbocycles. The summed E-state index contributed by atoms with van der Waals surface area (Å²) in [4.78, 5) is 9.96. The molecule has 0 saturated carbocycles. The molecule has 7 nitrogen and oxygen atoms in total. The van der Waals surface area contributed by atoms with Gasteiger partial charge in [0.1, 0.15) is 0 Å². The molecule has 1 aliphatic heterocycles. The second-order valence-corrected chi connectivity index (χ2v) is 6.40. The van der Waals surface area contributed by atoms with E-state index in [4.69, 9.17) is 5.73 Å². The summed E-state index contributed by atoms with van der Waals surface area (Å²) in [5.41, 5.74) is 5.36. The summed E-state index contributed by atoms with van der Waals surface area (Å²) in [6.45, 7) is 0.552. The lowest BCUT2D eigenvalue weighted by molar-refractivity contribution is -0.387. The molecule has 0 aliphatic carbocycles. The van der Waals surface area contributed by atoms with E-state index < -0.39 is 20.6 Å². The molecule has 1 aliphatic rings. The minimum atomic E-state index is -3.86. The molecule has 0 amide bonds. The fourth-order valence-corrected chi connectivity index (χ4v) is 3.85. The molecular formula is C11H15N3O4S. The number of nitro benzene ring substituents is 1. The predicted molar refractivity (Wildman–Crippen MR) is 69.1 cm³/mol. The van der Waals surface area contributed by atoms with Gasteiger partial charge >= 0.3 is 0 Å². The molecular weight excluding hydrogens is 270 g/mol. The van der Waals surface area contributed by atoms with Gasteiger partial charge in [-0.15, -0.1) is 0 Å². The third-order valence-corrected chi connectivity index (χ3v) is 5.01. The zero-order valence-corrected chi connectivity index (χ0v) is 11.0. The average molecular weight is 285 g/mol. The van der Waals surface area contributed by atoms with E-state index >= 15 is 0 Å². The summed E-state index contributed by atoms with van der Waals surface area (Å²) in [5.74, 6) is 0. The summed E-state index contributed by atoms with van der Waals surface area (Å²) in [5, 5.41) is 10.9. The van der Waals surface area contributed by atoms with Gasteiger partial charge in [0.15, 0.2) is 4.90 Å². The van der Waals surface area contributed by atoms with Crippen LogP contribution in [0.5, 0.6) is 0 Å². The summed E-state index contributed by atoms with van der Waals surface area (Å²) in [6.07, 6.45) is 1.43. The standard InChI is InChI=1S/C11H15N3O4S/c12-9-4-3-7-13(8-9)19(17,18)11-6-2-1-5-10(11)14(15)16/h1-2,5-6,9H,3-4,7-8,12H2/t9-/m1/s1. The summed E-state index contributed by atoms with van der Waals surface area (Å²) in [6, 6.07) is 5.15. The molecule has 2 N–H and O–H groups in total. The van der Waals surface area contributed by atoms with Gasteiger partial charge in [-0.05, 0) is 18.9 Å². The molecule has 2 rings (SSSR count). The lowest BCUT2D eigenvalue weighted by Crippen LogP contribution is -2.45. The number of nitrogens with two attached hydrogens (primary N) is 1. The largest absolute Gasteiger partial charge is 0.327 e. The molecule has 1 atom stereocenters. The van der Waals surface area contributed by atoms with Crippen LogP contribution in [0.1, 0.15) is 12.8 Å². The molecule has 19 heavy (non-hydrogen) atoms. The Bertz CT molecular complexity index is 587. The van der Waals surface area contributed by atoms with Gasteiger partial charge in [0.25, 0.3) is 5.69 Å². The lowest BCUT2D eigenvalue weighted by Gasteiger charge is -2.29. The first-order chi connectivity index (χ1) is 8.93. The van der Waals surface area contributed by atoms with E-state index in [1.165, 1.54) is 28.6 Å². The van der Waals surface area contributed by atoms with Crippen LogP contribution in [-0.4, -0.2) is 36.8 Å².